The number of furan rings is 1. The molecular weight excluding hydrogens is 416 g/mol. The monoisotopic (exact) mass is 432 g/mol. The van der Waals surface area contributed by atoms with E-state index in [0.29, 0.717) is 11.3 Å². The molecule has 3 rings (SSSR count). The second-order valence-electron chi connectivity index (χ2n) is 6.35. The lowest BCUT2D eigenvalue weighted by molar-refractivity contribution is -0.143. The minimum absolute atomic E-state index is 0.191. The molecule has 0 atom stereocenters. The summed E-state index contributed by atoms with van der Waals surface area (Å²) in [6, 6.07) is 6.38. The molecule has 0 N–H and O–H groups in total. The van der Waals surface area contributed by atoms with Crippen molar-refractivity contribution in [3.8, 4) is 11.3 Å². The lowest BCUT2D eigenvalue weighted by Crippen LogP contribution is -2.55. The number of urea groups is 1. The van der Waals surface area contributed by atoms with Gasteiger partial charge in [-0.2, -0.15) is 0 Å². The fourth-order valence-corrected chi connectivity index (χ4v) is 3.51. The first kappa shape index (κ1) is 19.0. The highest BCUT2D eigenvalue weighted by molar-refractivity contribution is 9.10. The van der Waals surface area contributed by atoms with Gasteiger partial charge in [-0.1, -0.05) is 28.1 Å². The lowest BCUT2D eigenvalue weighted by Gasteiger charge is -2.33. The van der Waals surface area contributed by atoms with E-state index in [1.165, 1.54) is 21.0 Å². The van der Waals surface area contributed by atoms with Crippen LogP contribution in [0.5, 0.6) is 0 Å². The molecule has 0 unspecified atom stereocenters. The number of imide groups is 2. The van der Waals surface area contributed by atoms with Gasteiger partial charge in [0.25, 0.3) is 0 Å². The Morgan fingerprint density at radius 1 is 1.04 bits per heavy atom. The van der Waals surface area contributed by atoms with E-state index in [1.807, 2.05) is 0 Å². The van der Waals surface area contributed by atoms with Gasteiger partial charge < -0.3 is 4.42 Å². The fourth-order valence-electron chi connectivity index (χ4n) is 3.24. The van der Waals surface area contributed by atoms with E-state index in [2.05, 4.69) is 15.9 Å². The largest absolute Gasteiger partial charge is 0.460 e. The number of aryl methyl sites for hydroxylation is 1. The zero-order valence-electron chi connectivity index (χ0n) is 15.2. The third-order valence-corrected chi connectivity index (χ3v) is 5.13. The predicted octanol–water partition coefficient (Wildman–Crippen LogP) is 3.35. The molecule has 1 aliphatic heterocycles. The number of nitrogens with zero attached hydrogens (tertiary/aromatic N) is 2. The third-order valence-electron chi connectivity index (χ3n) is 4.60. The summed E-state index contributed by atoms with van der Waals surface area (Å²) in [6.45, 7) is 2.96. The number of barbiturate groups is 1. The van der Waals surface area contributed by atoms with E-state index in [1.54, 1.807) is 31.2 Å². The molecule has 1 fully saturated rings. The fraction of sp³-hybridized carbons (Fsp3) is 0.263. The van der Waals surface area contributed by atoms with Crippen LogP contribution in [0.2, 0.25) is 0 Å². The number of amides is 4. The third kappa shape index (κ3) is 2.99. The van der Waals surface area contributed by atoms with Crippen molar-refractivity contribution in [1.82, 2.24) is 9.80 Å². The van der Waals surface area contributed by atoms with Crippen molar-refractivity contribution < 1.29 is 23.6 Å². The number of rotatable bonds is 3. The molecule has 27 heavy (non-hydrogen) atoms. The van der Waals surface area contributed by atoms with Gasteiger partial charge in [-0.25, -0.2) is 4.79 Å². The van der Waals surface area contributed by atoms with Crippen LogP contribution >= 0.6 is 15.9 Å². The topological polar surface area (TPSA) is 87.9 Å². The zero-order chi connectivity index (χ0) is 20.0. The normalized spacial score (nSPS) is 15.7. The van der Waals surface area contributed by atoms with Crippen molar-refractivity contribution in [2.45, 2.75) is 19.8 Å². The van der Waals surface area contributed by atoms with Crippen LogP contribution in [-0.2, 0) is 9.59 Å². The lowest BCUT2D eigenvalue weighted by atomic mass is 9.87. The first-order valence-electron chi connectivity index (χ1n) is 8.14. The number of carbonyl (C=O) groups excluding carboxylic acids is 4. The molecule has 0 saturated carbocycles. The number of ketones is 1. The summed E-state index contributed by atoms with van der Waals surface area (Å²) in [7, 11) is 2.61. The Balaban J connectivity index is 2.29. The summed E-state index contributed by atoms with van der Waals surface area (Å²) in [5.74, 6) is -2.44. The average molecular weight is 433 g/mol. The van der Waals surface area contributed by atoms with Crippen molar-refractivity contribution in [2.75, 3.05) is 14.1 Å². The average Bonchev–Trinajstić information content (AvgIpc) is 2.96. The standard InChI is InChI=1S/C19H17BrN2O5/c1-9(23)13-10(2)27-16(11-5-7-12(20)8-6-11)14(13)15-17(24)21(3)19(26)22(4)18(15)25/h5-8,15H,1-4H3. The van der Waals surface area contributed by atoms with Gasteiger partial charge in [0.2, 0.25) is 11.8 Å². The molecule has 0 aliphatic carbocycles. The van der Waals surface area contributed by atoms with Crippen LogP contribution in [0.1, 0.15) is 34.5 Å². The number of carbonyl (C=O) groups is 4. The van der Waals surface area contributed by atoms with E-state index in [4.69, 9.17) is 4.42 Å². The number of Topliss-reactive ketones (excluding diaryl/α,β-unsaturated/α-hetero) is 1. The second-order valence-corrected chi connectivity index (χ2v) is 7.26. The molecule has 0 radical (unpaired) electrons. The molecule has 8 heteroatoms. The summed E-state index contributed by atoms with van der Waals surface area (Å²) in [4.78, 5) is 51.7. The Bertz CT molecular complexity index is 953. The SMILES string of the molecule is CC(=O)c1c(C)oc(-c2ccc(Br)cc2)c1C1C(=O)N(C)C(=O)N(C)C1=O. The van der Waals surface area contributed by atoms with E-state index in [0.717, 1.165) is 14.3 Å². The Morgan fingerprint density at radius 3 is 2.04 bits per heavy atom. The van der Waals surface area contributed by atoms with Gasteiger partial charge in [0.15, 0.2) is 5.78 Å². The highest BCUT2D eigenvalue weighted by Crippen LogP contribution is 2.40. The second kappa shape index (κ2) is 6.77. The molecule has 2 aromatic rings. The van der Waals surface area contributed by atoms with Gasteiger partial charge in [-0.3, -0.25) is 24.2 Å². The first-order chi connectivity index (χ1) is 12.6. The minimum Gasteiger partial charge on any atom is -0.460 e. The first-order valence-corrected chi connectivity index (χ1v) is 8.93. The van der Waals surface area contributed by atoms with E-state index in [9.17, 15) is 19.2 Å². The van der Waals surface area contributed by atoms with Gasteiger partial charge in [0.05, 0.1) is 5.56 Å². The van der Waals surface area contributed by atoms with Crippen molar-refractivity contribution in [3.05, 3.63) is 45.6 Å². The Hall–Kier alpha value is -2.74. The summed E-state index contributed by atoms with van der Waals surface area (Å²) in [5, 5.41) is 0. The highest BCUT2D eigenvalue weighted by atomic mass is 79.9. The van der Waals surface area contributed by atoms with E-state index in [-0.39, 0.29) is 22.7 Å². The number of benzene rings is 1. The van der Waals surface area contributed by atoms with Crippen LogP contribution in [0.4, 0.5) is 4.79 Å². The molecule has 2 heterocycles. The molecular formula is C19H17BrN2O5. The van der Waals surface area contributed by atoms with Gasteiger partial charge in [0, 0.05) is 29.7 Å². The predicted molar refractivity (Wildman–Crippen MR) is 100 cm³/mol. The van der Waals surface area contributed by atoms with Crippen LogP contribution in [0.25, 0.3) is 11.3 Å². The van der Waals surface area contributed by atoms with E-state index >= 15 is 0 Å². The number of halogens is 1. The molecule has 4 amide bonds. The molecule has 140 valence electrons. The molecule has 0 spiro atoms. The Labute approximate surface area is 164 Å². The highest BCUT2D eigenvalue weighted by Gasteiger charge is 2.47. The van der Waals surface area contributed by atoms with Gasteiger partial charge in [-0.15, -0.1) is 0 Å². The van der Waals surface area contributed by atoms with E-state index < -0.39 is 23.8 Å². The van der Waals surface area contributed by atoms with Crippen LogP contribution in [0.3, 0.4) is 0 Å². The zero-order valence-corrected chi connectivity index (χ0v) is 16.8. The Kier molecular flexibility index (Phi) is 4.77. The molecule has 1 aromatic heterocycles. The van der Waals surface area contributed by atoms with Crippen molar-refractivity contribution >= 4 is 39.6 Å². The van der Waals surface area contributed by atoms with Gasteiger partial charge >= 0.3 is 6.03 Å². The molecule has 1 aliphatic rings. The molecule has 1 saturated heterocycles. The summed E-state index contributed by atoms with van der Waals surface area (Å²) in [6.07, 6.45) is 0. The summed E-state index contributed by atoms with van der Waals surface area (Å²) < 4.78 is 6.66. The molecule has 1 aromatic carbocycles. The smallest absolute Gasteiger partial charge is 0.332 e. The molecule has 0 bridgehead atoms. The number of likely N-dealkylation sites (N-methyl/N-ethyl adjacent to an activating group) is 2. The Morgan fingerprint density at radius 2 is 1.56 bits per heavy atom. The van der Waals surface area contributed by atoms with Crippen LogP contribution in [0.15, 0.2) is 33.2 Å². The minimum atomic E-state index is -1.33. The maximum absolute atomic E-state index is 12.8. The summed E-state index contributed by atoms with van der Waals surface area (Å²) in [5.41, 5.74) is 1.01. The van der Waals surface area contributed by atoms with Crippen molar-refractivity contribution in [1.29, 1.82) is 0 Å². The van der Waals surface area contributed by atoms with Crippen LogP contribution in [0, 0.1) is 6.92 Å². The number of hydrogen-bond acceptors (Lipinski definition) is 5. The van der Waals surface area contributed by atoms with Crippen LogP contribution < -0.4 is 0 Å². The summed E-state index contributed by atoms with van der Waals surface area (Å²) >= 11 is 3.35. The van der Waals surface area contributed by atoms with Gasteiger partial charge in [-0.05, 0) is 26.0 Å². The quantitative estimate of drug-likeness (QED) is 0.547. The maximum atomic E-state index is 12.8. The van der Waals surface area contributed by atoms with Crippen molar-refractivity contribution in [2.24, 2.45) is 0 Å². The van der Waals surface area contributed by atoms with Crippen molar-refractivity contribution in [3.63, 3.8) is 0 Å². The van der Waals surface area contributed by atoms with Gasteiger partial charge in [0.1, 0.15) is 17.4 Å². The number of hydrogen-bond donors (Lipinski definition) is 0. The molecule has 7 nitrogen and oxygen atoms in total. The van der Waals surface area contributed by atoms with Crippen LogP contribution in [-0.4, -0.2) is 47.5 Å². The maximum Gasteiger partial charge on any atom is 0.332 e.